The highest BCUT2D eigenvalue weighted by atomic mass is 16.5. The first kappa shape index (κ1) is 18.8. The molecule has 20 heavy (non-hydrogen) atoms. The molecule has 5 nitrogen and oxygen atoms in total. The van der Waals surface area contributed by atoms with E-state index in [1.54, 1.807) is 20.8 Å². The Morgan fingerprint density at radius 1 is 0.950 bits per heavy atom. The monoisotopic (exact) mass is 286 g/mol. The van der Waals surface area contributed by atoms with Gasteiger partial charge in [-0.15, -0.1) is 0 Å². The van der Waals surface area contributed by atoms with Crippen molar-refractivity contribution in [3.63, 3.8) is 0 Å². The lowest BCUT2D eigenvalue weighted by Crippen LogP contribution is -2.47. The highest BCUT2D eigenvalue weighted by Crippen LogP contribution is 2.25. The molecule has 0 aliphatic carbocycles. The van der Waals surface area contributed by atoms with Crippen molar-refractivity contribution >= 4 is 17.5 Å². The predicted octanol–water partition coefficient (Wildman–Crippen LogP) is 2.17. The van der Waals surface area contributed by atoms with Gasteiger partial charge in [0.15, 0.2) is 0 Å². The molecule has 0 heterocycles. The van der Waals surface area contributed by atoms with Gasteiger partial charge >= 0.3 is 5.97 Å². The van der Waals surface area contributed by atoms with Crippen LogP contribution in [0, 0.1) is 10.8 Å². The Kier molecular flexibility index (Phi) is 6.54. The normalized spacial score (nSPS) is 12.4. The smallest absolute Gasteiger partial charge is 0.311 e. The first-order chi connectivity index (χ1) is 8.93. The summed E-state index contributed by atoms with van der Waals surface area (Å²) in [5.74, 6) is -1.16. The van der Waals surface area contributed by atoms with Crippen molar-refractivity contribution in [2.75, 3.05) is 13.2 Å². The fourth-order valence-electron chi connectivity index (χ4n) is 1.41. The third kappa shape index (κ3) is 5.04. The first-order valence-electron chi connectivity index (χ1n) is 6.74. The van der Waals surface area contributed by atoms with Crippen LogP contribution >= 0.6 is 0 Å². The fraction of sp³-hybridized carbons (Fsp3) is 0.800. The Morgan fingerprint density at radius 2 is 1.40 bits per heavy atom. The molecule has 0 radical (unpaired) electrons. The fourth-order valence-corrected chi connectivity index (χ4v) is 1.41. The first-order valence-corrected chi connectivity index (χ1v) is 6.74. The molecule has 0 bridgehead atoms. The molecular weight excluding hydrogens is 260 g/mol. The van der Waals surface area contributed by atoms with Gasteiger partial charge in [-0.3, -0.25) is 14.4 Å². The Labute approximate surface area is 121 Å². The van der Waals surface area contributed by atoms with Crippen LogP contribution in [0.2, 0.25) is 0 Å². The van der Waals surface area contributed by atoms with Crippen LogP contribution in [-0.2, 0) is 23.9 Å². The number of Topliss-reactive ketones (excluding diaryl/α,β-unsaturated/α-hetero) is 2. The molecule has 0 aliphatic heterocycles. The molecule has 5 heteroatoms. The van der Waals surface area contributed by atoms with Crippen molar-refractivity contribution in [1.29, 1.82) is 0 Å². The van der Waals surface area contributed by atoms with E-state index in [-0.39, 0.29) is 30.9 Å². The highest BCUT2D eigenvalue weighted by Gasteiger charge is 2.43. The zero-order valence-corrected chi connectivity index (χ0v) is 13.5. The van der Waals surface area contributed by atoms with E-state index in [2.05, 4.69) is 0 Å². The van der Waals surface area contributed by atoms with Gasteiger partial charge in [-0.05, 0) is 48.5 Å². The number of rotatable bonds is 7. The summed E-state index contributed by atoms with van der Waals surface area (Å²) in [4.78, 5) is 35.6. The van der Waals surface area contributed by atoms with Gasteiger partial charge in [0.1, 0.15) is 23.6 Å². The third-order valence-electron chi connectivity index (χ3n) is 3.07. The summed E-state index contributed by atoms with van der Waals surface area (Å²) in [7, 11) is 0. The van der Waals surface area contributed by atoms with Crippen LogP contribution in [0.25, 0.3) is 0 Å². The van der Waals surface area contributed by atoms with Crippen LogP contribution in [0.1, 0.15) is 48.5 Å². The molecule has 0 amide bonds. The van der Waals surface area contributed by atoms with Crippen LogP contribution in [-0.4, -0.2) is 36.9 Å². The average molecular weight is 286 g/mol. The summed E-state index contributed by atoms with van der Waals surface area (Å²) in [6.45, 7) is 11.0. The number of hydrogen-bond donors (Lipinski definition) is 0. The molecular formula is C15H26O5. The molecule has 0 saturated heterocycles. The molecule has 0 unspecified atom stereocenters. The number of carbonyl (C=O) groups is 3. The van der Waals surface area contributed by atoms with Gasteiger partial charge in [0.25, 0.3) is 0 Å². The van der Waals surface area contributed by atoms with Gasteiger partial charge in [-0.1, -0.05) is 0 Å². The van der Waals surface area contributed by atoms with Gasteiger partial charge in [0.2, 0.25) is 0 Å². The van der Waals surface area contributed by atoms with E-state index < -0.39 is 16.8 Å². The summed E-state index contributed by atoms with van der Waals surface area (Å²) < 4.78 is 10.6. The summed E-state index contributed by atoms with van der Waals surface area (Å²) in [6.07, 6.45) is -0.119. The maximum atomic E-state index is 11.9. The standard InChI is InChI=1S/C15H26O5/c1-10(2)19-8-15(11(3)16,12(4)17)9-20-13(18)14(5,6)7/h10H,8-9H2,1-7H3. The van der Waals surface area contributed by atoms with Crippen LogP contribution in [0.4, 0.5) is 0 Å². The molecule has 0 aromatic rings. The molecule has 0 fully saturated rings. The maximum Gasteiger partial charge on any atom is 0.311 e. The molecule has 116 valence electrons. The van der Waals surface area contributed by atoms with Crippen molar-refractivity contribution in [2.24, 2.45) is 10.8 Å². The van der Waals surface area contributed by atoms with E-state index in [4.69, 9.17) is 9.47 Å². The molecule has 0 saturated carbocycles. The number of esters is 1. The van der Waals surface area contributed by atoms with Gasteiger partial charge in [0, 0.05) is 0 Å². The summed E-state index contributed by atoms with van der Waals surface area (Å²) in [5.41, 5.74) is -2.09. The Hall–Kier alpha value is -1.23. The predicted molar refractivity (Wildman–Crippen MR) is 75.3 cm³/mol. The largest absolute Gasteiger partial charge is 0.464 e. The van der Waals surface area contributed by atoms with Gasteiger partial charge in [0.05, 0.1) is 18.1 Å². The van der Waals surface area contributed by atoms with Crippen LogP contribution in [0.5, 0.6) is 0 Å². The van der Waals surface area contributed by atoms with Crippen LogP contribution < -0.4 is 0 Å². The minimum absolute atomic E-state index is 0.0766. The lowest BCUT2D eigenvalue weighted by molar-refractivity contribution is -0.163. The zero-order chi connectivity index (χ0) is 16.1. The number of carbonyl (C=O) groups excluding carboxylic acids is 3. The molecule has 0 aromatic carbocycles. The van der Waals surface area contributed by atoms with Gasteiger partial charge < -0.3 is 9.47 Å². The number of hydrogen-bond acceptors (Lipinski definition) is 5. The molecule has 0 spiro atoms. The summed E-state index contributed by atoms with van der Waals surface area (Å²) in [6, 6.07) is 0. The van der Waals surface area contributed by atoms with Crippen molar-refractivity contribution in [2.45, 2.75) is 54.6 Å². The van der Waals surface area contributed by atoms with Crippen molar-refractivity contribution in [1.82, 2.24) is 0 Å². The van der Waals surface area contributed by atoms with E-state index in [1.807, 2.05) is 13.8 Å². The average Bonchev–Trinajstić information content (AvgIpc) is 2.26. The molecule has 0 aromatic heterocycles. The van der Waals surface area contributed by atoms with E-state index in [1.165, 1.54) is 13.8 Å². The second-order valence-corrected chi connectivity index (χ2v) is 6.38. The molecule has 0 atom stereocenters. The quantitative estimate of drug-likeness (QED) is 0.530. The molecule has 0 aliphatic rings. The number of ketones is 2. The Balaban J connectivity index is 5.08. The van der Waals surface area contributed by atoms with E-state index in [9.17, 15) is 14.4 Å². The van der Waals surface area contributed by atoms with Crippen molar-refractivity contribution in [3.8, 4) is 0 Å². The topological polar surface area (TPSA) is 69.7 Å². The van der Waals surface area contributed by atoms with Crippen molar-refractivity contribution in [3.05, 3.63) is 0 Å². The zero-order valence-electron chi connectivity index (χ0n) is 13.5. The number of ether oxygens (including phenoxy) is 2. The Morgan fingerprint density at radius 3 is 1.70 bits per heavy atom. The lowest BCUT2D eigenvalue weighted by Gasteiger charge is -2.30. The van der Waals surface area contributed by atoms with Gasteiger partial charge in [-0.25, -0.2) is 0 Å². The van der Waals surface area contributed by atoms with E-state index in [0.29, 0.717) is 0 Å². The molecule has 0 N–H and O–H groups in total. The second-order valence-electron chi connectivity index (χ2n) is 6.38. The van der Waals surface area contributed by atoms with Crippen LogP contribution in [0.15, 0.2) is 0 Å². The summed E-state index contributed by atoms with van der Waals surface area (Å²) in [5, 5.41) is 0. The van der Waals surface area contributed by atoms with Crippen molar-refractivity contribution < 1.29 is 23.9 Å². The van der Waals surface area contributed by atoms with Crippen LogP contribution in [0.3, 0.4) is 0 Å². The summed E-state index contributed by atoms with van der Waals surface area (Å²) >= 11 is 0. The third-order valence-corrected chi connectivity index (χ3v) is 3.07. The minimum Gasteiger partial charge on any atom is -0.464 e. The second kappa shape index (κ2) is 6.97. The van der Waals surface area contributed by atoms with Gasteiger partial charge in [-0.2, -0.15) is 0 Å². The Bertz CT molecular complexity index is 362. The van der Waals surface area contributed by atoms with E-state index >= 15 is 0 Å². The minimum atomic E-state index is -1.41. The lowest BCUT2D eigenvalue weighted by atomic mass is 9.81. The SMILES string of the molecule is CC(=O)C(COC(=O)C(C)(C)C)(COC(C)C)C(C)=O. The maximum absolute atomic E-state index is 11.9. The molecule has 0 rings (SSSR count). The highest BCUT2D eigenvalue weighted by molar-refractivity contribution is 6.05. The van der Waals surface area contributed by atoms with E-state index in [0.717, 1.165) is 0 Å².